The van der Waals surface area contributed by atoms with Crippen LogP contribution < -0.4 is 4.90 Å². The van der Waals surface area contributed by atoms with Crippen molar-refractivity contribution >= 4 is 39.0 Å². The van der Waals surface area contributed by atoms with Gasteiger partial charge >= 0.3 is 11.2 Å². The highest BCUT2D eigenvalue weighted by atomic mass is 79.9. The van der Waals surface area contributed by atoms with Crippen molar-refractivity contribution in [3.8, 4) is 17.3 Å². The van der Waals surface area contributed by atoms with Gasteiger partial charge in [0.05, 0.1) is 24.2 Å². The van der Waals surface area contributed by atoms with Gasteiger partial charge in [-0.05, 0) is 30.5 Å². The molecule has 1 aromatic heterocycles. The van der Waals surface area contributed by atoms with Crippen LogP contribution in [0.1, 0.15) is 17.5 Å². The fourth-order valence-electron chi connectivity index (χ4n) is 4.12. The van der Waals surface area contributed by atoms with Gasteiger partial charge in [0.15, 0.2) is 0 Å². The monoisotopic (exact) mass is 489 g/mol. The lowest BCUT2D eigenvalue weighted by molar-refractivity contribution is 0.119. The zero-order valence-electron chi connectivity index (χ0n) is 16.3. The van der Waals surface area contributed by atoms with Crippen molar-refractivity contribution in [1.29, 1.82) is 5.26 Å². The lowest BCUT2D eigenvalue weighted by atomic mass is 9.89. The molecule has 4 rings (SSSR count). The number of hydrogen-bond acceptors (Lipinski definition) is 6. The molecular formula is C20H20BrN5O3S. The second kappa shape index (κ2) is 8.41. The predicted octanol–water partition coefficient (Wildman–Crippen LogP) is 2.82. The minimum Gasteiger partial charge on any atom is -0.609 e. The quantitative estimate of drug-likeness (QED) is 0.520. The van der Waals surface area contributed by atoms with Gasteiger partial charge in [0.25, 0.3) is 0 Å². The van der Waals surface area contributed by atoms with Gasteiger partial charge in [-0.2, -0.15) is 15.2 Å². The number of piperazine rings is 1. The number of nitrogens with zero attached hydrogens (tertiary/aromatic N) is 5. The molecule has 8 nitrogen and oxygen atoms in total. The van der Waals surface area contributed by atoms with E-state index < -0.39 is 23.3 Å². The molecule has 1 saturated heterocycles. The second-order valence-electron chi connectivity index (χ2n) is 7.35. The summed E-state index contributed by atoms with van der Waals surface area (Å²) >= 11 is 2.16. The standard InChI is InChI=1S/C20H20BrN5O3S/c1-30(29)19-23-17-15(5-3-12-2-4-13(21)10-16(12)17)18(24-19)25-8-9-26(20(27)28)14(11-25)6-7-22/h2,4,10,14H,3,5-6,8-9,11H2,1H3,(H,27,28)/t14-,30?/m0/s1. The number of carbonyl (C=O) groups is 1. The van der Waals surface area contributed by atoms with Gasteiger partial charge in [-0.3, -0.25) is 0 Å². The van der Waals surface area contributed by atoms with E-state index in [1.807, 2.05) is 17.0 Å². The van der Waals surface area contributed by atoms with Crippen LogP contribution in [0.4, 0.5) is 10.6 Å². The fraction of sp³-hybridized carbons (Fsp3) is 0.400. The summed E-state index contributed by atoms with van der Waals surface area (Å²) in [5.41, 5.74) is 3.94. The lowest BCUT2D eigenvalue weighted by Gasteiger charge is -2.40. The van der Waals surface area contributed by atoms with Crippen LogP contribution in [0.3, 0.4) is 0 Å². The van der Waals surface area contributed by atoms with Crippen molar-refractivity contribution < 1.29 is 14.5 Å². The predicted molar refractivity (Wildman–Crippen MR) is 116 cm³/mol. The Morgan fingerprint density at radius 2 is 2.20 bits per heavy atom. The second-order valence-corrected chi connectivity index (χ2v) is 9.54. The summed E-state index contributed by atoms with van der Waals surface area (Å²) < 4.78 is 13.2. The first-order valence-electron chi connectivity index (χ1n) is 9.53. The molecule has 1 aliphatic carbocycles. The summed E-state index contributed by atoms with van der Waals surface area (Å²) in [5.74, 6) is 0.698. The third-order valence-electron chi connectivity index (χ3n) is 5.55. The Hall–Kier alpha value is -2.35. The Balaban J connectivity index is 1.80. The van der Waals surface area contributed by atoms with Crippen molar-refractivity contribution in [1.82, 2.24) is 14.9 Å². The number of aryl methyl sites for hydroxylation is 1. The van der Waals surface area contributed by atoms with Crippen molar-refractivity contribution in [2.45, 2.75) is 30.5 Å². The Labute approximate surface area is 185 Å². The van der Waals surface area contributed by atoms with Crippen LogP contribution in [0, 0.1) is 11.3 Å². The van der Waals surface area contributed by atoms with Gasteiger partial charge in [0.2, 0.25) is 0 Å². The number of halogens is 1. The van der Waals surface area contributed by atoms with E-state index >= 15 is 0 Å². The van der Waals surface area contributed by atoms with E-state index in [2.05, 4.69) is 38.0 Å². The van der Waals surface area contributed by atoms with Gasteiger partial charge in [0.1, 0.15) is 12.1 Å². The Morgan fingerprint density at radius 3 is 2.90 bits per heavy atom. The van der Waals surface area contributed by atoms with Crippen molar-refractivity contribution in [2.75, 3.05) is 30.8 Å². The van der Waals surface area contributed by atoms with E-state index in [1.54, 1.807) is 6.26 Å². The zero-order chi connectivity index (χ0) is 21.4. The number of carboxylic acid groups (broad SMARTS) is 1. The number of benzene rings is 1. The SMILES string of the molecule is C[S+]([O-])c1nc2c(c(N3CCN(C(=O)O)[C@@H](CC#N)C3)n1)CCc1ccc(Br)cc1-2. The van der Waals surface area contributed by atoms with Crippen LogP contribution in [0.2, 0.25) is 0 Å². The molecule has 2 aromatic rings. The van der Waals surface area contributed by atoms with E-state index in [0.717, 1.165) is 34.1 Å². The minimum absolute atomic E-state index is 0.110. The van der Waals surface area contributed by atoms with Gasteiger partial charge in [-0.25, -0.2) is 4.79 Å². The Morgan fingerprint density at radius 1 is 1.40 bits per heavy atom. The van der Waals surface area contributed by atoms with E-state index in [-0.39, 0.29) is 18.1 Å². The maximum Gasteiger partial charge on any atom is 0.407 e. The van der Waals surface area contributed by atoms with Crippen molar-refractivity contribution in [2.24, 2.45) is 0 Å². The molecule has 0 saturated carbocycles. The highest BCUT2D eigenvalue weighted by molar-refractivity contribution is 9.10. The molecule has 2 heterocycles. The smallest absolute Gasteiger partial charge is 0.407 e. The molecule has 30 heavy (non-hydrogen) atoms. The summed E-state index contributed by atoms with van der Waals surface area (Å²) in [6.07, 6.45) is 2.23. The number of rotatable bonds is 3. The van der Waals surface area contributed by atoms with E-state index in [4.69, 9.17) is 5.26 Å². The summed E-state index contributed by atoms with van der Waals surface area (Å²) in [5, 5.41) is 18.9. The largest absolute Gasteiger partial charge is 0.609 e. The molecule has 0 bridgehead atoms. The molecule has 1 unspecified atom stereocenters. The maximum atomic E-state index is 12.3. The number of nitriles is 1. The van der Waals surface area contributed by atoms with Crippen molar-refractivity contribution in [3.63, 3.8) is 0 Å². The molecule has 1 aromatic carbocycles. The van der Waals surface area contributed by atoms with Crippen LogP contribution in [-0.4, -0.2) is 62.6 Å². The van der Waals surface area contributed by atoms with Gasteiger partial charge in [-0.1, -0.05) is 22.0 Å². The van der Waals surface area contributed by atoms with Crippen LogP contribution in [0.5, 0.6) is 0 Å². The summed E-state index contributed by atoms with van der Waals surface area (Å²) in [4.78, 5) is 24.1. The summed E-state index contributed by atoms with van der Waals surface area (Å²) in [7, 11) is 0. The average Bonchev–Trinajstić information content (AvgIpc) is 2.72. The lowest BCUT2D eigenvalue weighted by Crippen LogP contribution is -2.55. The maximum absolute atomic E-state index is 12.3. The van der Waals surface area contributed by atoms with E-state index in [1.165, 1.54) is 10.5 Å². The molecule has 2 atom stereocenters. The topological polar surface area (TPSA) is 116 Å². The molecule has 1 fully saturated rings. The molecule has 1 aliphatic heterocycles. The number of anilines is 1. The molecule has 10 heteroatoms. The van der Waals surface area contributed by atoms with Crippen LogP contribution in [-0.2, 0) is 24.0 Å². The first kappa shape index (κ1) is 20.9. The van der Waals surface area contributed by atoms with Gasteiger partial charge in [-0.15, -0.1) is 0 Å². The molecule has 0 radical (unpaired) electrons. The molecular weight excluding hydrogens is 470 g/mol. The molecule has 0 spiro atoms. The highest BCUT2D eigenvalue weighted by Crippen LogP contribution is 2.38. The molecule has 1 N–H and O–H groups in total. The van der Waals surface area contributed by atoms with Gasteiger partial charge in [0, 0.05) is 46.4 Å². The number of fused-ring (bicyclic) bond motifs is 3. The first-order chi connectivity index (χ1) is 14.4. The van der Waals surface area contributed by atoms with Crippen LogP contribution in [0.25, 0.3) is 11.3 Å². The van der Waals surface area contributed by atoms with Crippen LogP contribution in [0.15, 0.2) is 27.8 Å². The zero-order valence-corrected chi connectivity index (χ0v) is 18.7. The summed E-state index contributed by atoms with van der Waals surface area (Å²) in [6, 6.07) is 7.74. The molecule has 1 amide bonds. The first-order valence-corrected chi connectivity index (χ1v) is 11.9. The third-order valence-corrected chi connectivity index (χ3v) is 6.74. The Kier molecular flexibility index (Phi) is 5.86. The number of hydrogen-bond donors (Lipinski definition) is 1. The van der Waals surface area contributed by atoms with Gasteiger partial charge < -0.3 is 19.5 Å². The minimum atomic E-state index is -1.37. The molecule has 156 valence electrons. The fourth-order valence-corrected chi connectivity index (χ4v) is 4.92. The third kappa shape index (κ3) is 3.85. The Bertz CT molecular complexity index is 1040. The van der Waals surface area contributed by atoms with E-state index in [9.17, 15) is 14.5 Å². The normalized spacial score (nSPS) is 18.9. The molecule has 2 aliphatic rings. The summed E-state index contributed by atoms with van der Waals surface area (Å²) in [6.45, 7) is 1.11. The highest BCUT2D eigenvalue weighted by Gasteiger charge is 2.34. The van der Waals surface area contributed by atoms with Crippen molar-refractivity contribution in [3.05, 3.63) is 33.8 Å². The van der Waals surface area contributed by atoms with Crippen LogP contribution >= 0.6 is 15.9 Å². The van der Waals surface area contributed by atoms with E-state index in [0.29, 0.717) is 18.9 Å². The number of aromatic nitrogens is 2. The number of amides is 1. The average molecular weight is 490 g/mol.